The van der Waals surface area contributed by atoms with Crippen LogP contribution in [0.15, 0.2) is 30.3 Å². The molecule has 1 aromatic rings. The molecule has 0 amide bonds. The summed E-state index contributed by atoms with van der Waals surface area (Å²) in [6, 6.07) is 10.8. The van der Waals surface area contributed by atoms with E-state index < -0.39 is 0 Å². The van der Waals surface area contributed by atoms with Gasteiger partial charge >= 0.3 is 0 Å². The van der Waals surface area contributed by atoms with Crippen LogP contribution in [0, 0.1) is 5.92 Å². The van der Waals surface area contributed by atoms with Crippen molar-refractivity contribution in [1.29, 1.82) is 0 Å². The lowest BCUT2D eigenvalue weighted by Gasteiger charge is -2.39. The van der Waals surface area contributed by atoms with Crippen molar-refractivity contribution in [3.05, 3.63) is 35.9 Å². The minimum absolute atomic E-state index is 0.165. The first-order chi connectivity index (χ1) is 10.1. The molecule has 2 N–H and O–H groups in total. The van der Waals surface area contributed by atoms with Gasteiger partial charge in [-0.05, 0) is 24.9 Å². The number of hydrogen-bond donors (Lipinski definition) is 1. The third-order valence-electron chi connectivity index (χ3n) is 5.13. The molecule has 1 fully saturated rings. The normalized spacial score (nSPS) is 24.6. The van der Waals surface area contributed by atoms with Crippen LogP contribution in [0.2, 0.25) is 0 Å². The maximum Gasteiger partial charge on any atom is 0.0467 e. The van der Waals surface area contributed by atoms with Crippen molar-refractivity contribution in [3.8, 4) is 0 Å². The Kier molecular flexibility index (Phi) is 5.80. The van der Waals surface area contributed by atoms with Gasteiger partial charge in [-0.3, -0.25) is 9.80 Å². The number of likely N-dealkylation sites (tertiary alicyclic amines) is 1. The number of likely N-dealkylation sites (N-methyl/N-ethyl adjacent to an activating group) is 1. The van der Waals surface area contributed by atoms with Gasteiger partial charge in [-0.25, -0.2) is 0 Å². The quantitative estimate of drug-likeness (QED) is 0.837. The maximum absolute atomic E-state index is 6.17. The molecule has 2 unspecified atom stereocenters. The summed E-state index contributed by atoms with van der Waals surface area (Å²) in [4.78, 5) is 5.07. The van der Waals surface area contributed by atoms with Gasteiger partial charge in [0.05, 0.1) is 0 Å². The molecule has 1 aromatic carbocycles. The van der Waals surface area contributed by atoms with Gasteiger partial charge in [0.1, 0.15) is 0 Å². The molecule has 3 heteroatoms. The summed E-state index contributed by atoms with van der Waals surface area (Å²) in [5.41, 5.74) is 7.74. The van der Waals surface area contributed by atoms with Crippen LogP contribution in [0.3, 0.4) is 0 Å². The average molecular weight is 289 g/mol. The summed E-state index contributed by atoms with van der Waals surface area (Å²) in [5.74, 6) is 0.738. The molecule has 0 saturated carbocycles. The summed E-state index contributed by atoms with van der Waals surface area (Å²) in [6.07, 6.45) is 2.42. The van der Waals surface area contributed by atoms with Crippen LogP contribution in [0.5, 0.6) is 0 Å². The van der Waals surface area contributed by atoms with Crippen LogP contribution in [-0.4, -0.2) is 48.6 Å². The van der Waals surface area contributed by atoms with Crippen LogP contribution in [0.4, 0.5) is 0 Å². The second-order valence-electron chi connectivity index (χ2n) is 6.77. The average Bonchev–Trinajstić information content (AvgIpc) is 2.92. The molecule has 0 radical (unpaired) electrons. The first-order valence-corrected chi connectivity index (χ1v) is 8.27. The minimum Gasteiger partial charge on any atom is -0.329 e. The van der Waals surface area contributed by atoms with E-state index in [1.807, 2.05) is 0 Å². The Morgan fingerprint density at radius 2 is 2.05 bits per heavy atom. The largest absolute Gasteiger partial charge is 0.329 e. The number of benzene rings is 1. The van der Waals surface area contributed by atoms with Crippen molar-refractivity contribution in [1.82, 2.24) is 9.80 Å². The monoisotopic (exact) mass is 289 g/mol. The van der Waals surface area contributed by atoms with Gasteiger partial charge in [-0.2, -0.15) is 0 Å². The summed E-state index contributed by atoms with van der Waals surface area (Å²) in [7, 11) is 2.25. The van der Waals surface area contributed by atoms with Gasteiger partial charge in [0.25, 0.3) is 0 Å². The highest BCUT2D eigenvalue weighted by atomic mass is 15.3. The van der Waals surface area contributed by atoms with E-state index in [2.05, 4.69) is 61.0 Å². The summed E-state index contributed by atoms with van der Waals surface area (Å²) >= 11 is 0. The third-order valence-corrected chi connectivity index (χ3v) is 5.13. The van der Waals surface area contributed by atoms with Crippen LogP contribution in [-0.2, 0) is 6.54 Å². The first kappa shape index (κ1) is 16.5. The number of rotatable bonds is 7. The fourth-order valence-electron chi connectivity index (χ4n) is 3.34. The Balaban J connectivity index is 1.96. The highest BCUT2D eigenvalue weighted by Crippen LogP contribution is 2.28. The van der Waals surface area contributed by atoms with Gasteiger partial charge in [-0.15, -0.1) is 0 Å². The zero-order valence-electron chi connectivity index (χ0n) is 13.9. The van der Waals surface area contributed by atoms with Gasteiger partial charge in [0.2, 0.25) is 0 Å². The van der Waals surface area contributed by atoms with E-state index in [0.717, 1.165) is 38.6 Å². The Hall–Kier alpha value is -0.900. The molecule has 1 heterocycles. The molecule has 0 spiro atoms. The van der Waals surface area contributed by atoms with Gasteiger partial charge in [-0.1, -0.05) is 50.6 Å². The smallest absolute Gasteiger partial charge is 0.0467 e. The van der Waals surface area contributed by atoms with E-state index in [9.17, 15) is 0 Å². The zero-order chi connectivity index (χ0) is 15.3. The molecule has 1 aliphatic heterocycles. The molecule has 21 heavy (non-hydrogen) atoms. The van der Waals surface area contributed by atoms with Crippen LogP contribution in [0.25, 0.3) is 0 Å². The molecule has 2 rings (SSSR count). The molecule has 1 aliphatic rings. The van der Waals surface area contributed by atoms with Gasteiger partial charge < -0.3 is 5.73 Å². The van der Waals surface area contributed by atoms with Crippen molar-refractivity contribution in [2.24, 2.45) is 11.7 Å². The Morgan fingerprint density at radius 3 is 2.67 bits per heavy atom. The molecule has 3 nitrogen and oxygen atoms in total. The lowest BCUT2D eigenvalue weighted by Crippen LogP contribution is -2.55. The SMILES string of the molecule is CCC(C)CN(C)C1(CN)CCN(Cc2ccccc2)C1. The van der Waals surface area contributed by atoms with E-state index in [1.54, 1.807) is 0 Å². The van der Waals surface area contributed by atoms with Crippen molar-refractivity contribution >= 4 is 0 Å². The van der Waals surface area contributed by atoms with E-state index in [-0.39, 0.29) is 5.54 Å². The minimum atomic E-state index is 0.165. The highest BCUT2D eigenvalue weighted by Gasteiger charge is 2.40. The van der Waals surface area contributed by atoms with Crippen molar-refractivity contribution in [2.75, 3.05) is 33.2 Å². The van der Waals surface area contributed by atoms with E-state index in [0.29, 0.717) is 0 Å². The lowest BCUT2D eigenvalue weighted by molar-refractivity contribution is 0.111. The standard InChI is InChI=1S/C18H31N3/c1-4-16(2)12-20(3)18(14-19)10-11-21(15-18)13-17-8-6-5-7-9-17/h5-9,16H,4,10-15,19H2,1-3H3. The van der Waals surface area contributed by atoms with Crippen LogP contribution < -0.4 is 5.73 Å². The molecular weight excluding hydrogens is 258 g/mol. The summed E-state index contributed by atoms with van der Waals surface area (Å²) in [6.45, 7) is 9.78. The molecule has 1 saturated heterocycles. The van der Waals surface area contributed by atoms with Crippen LogP contribution in [0.1, 0.15) is 32.3 Å². The van der Waals surface area contributed by atoms with E-state index >= 15 is 0 Å². The Labute approximate surface area is 130 Å². The zero-order valence-corrected chi connectivity index (χ0v) is 13.9. The second-order valence-corrected chi connectivity index (χ2v) is 6.77. The topological polar surface area (TPSA) is 32.5 Å². The number of nitrogens with zero attached hydrogens (tertiary/aromatic N) is 2. The first-order valence-electron chi connectivity index (χ1n) is 8.27. The molecule has 2 atom stereocenters. The fraction of sp³-hybridized carbons (Fsp3) is 0.667. The van der Waals surface area contributed by atoms with Crippen molar-refractivity contribution in [2.45, 2.75) is 38.8 Å². The van der Waals surface area contributed by atoms with Gasteiger partial charge in [0, 0.05) is 38.3 Å². The molecular formula is C18H31N3. The maximum atomic E-state index is 6.17. The van der Waals surface area contributed by atoms with E-state index in [4.69, 9.17) is 5.73 Å². The summed E-state index contributed by atoms with van der Waals surface area (Å²) in [5, 5.41) is 0. The van der Waals surface area contributed by atoms with Gasteiger partial charge in [0.15, 0.2) is 0 Å². The third kappa shape index (κ3) is 4.06. The molecule has 0 bridgehead atoms. The van der Waals surface area contributed by atoms with Crippen molar-refractivity contribution < 1.29 is 0 Å². The van der Waals surface area contributed by atoms with E-state index in [1.165, 1.54) is 18.4 Å². The number of nitrogens with two attached hydrogens (primary N) is 1. The fourth-order valence-corrected chi connectivity index (χ4v) is 3.34. The molecule has 0 aromatic heterocycles. The highest BCUT2D eigenvalue weighted by molar-refractivity contribution is 5.15. The lowest BCUT2D eigenvalue weighted by atomic mass is 9.95. The Bertz CT molecular complexity index is 420. The predicted molar refractivity (Wildman–Crippen MR) is 90.2 cm³/mol. The molecule has 118 valence electrons. The van der Waals surface area contributed by atoms with Crippen molar-refractivity contribution in [3.63, 3.8) is 0 Å². The number of hydrogen-bond acceptors (Lipinski definition) is 3. The summed E-state index contributed by atoms with van der Waals surface area (Å²) < 4.78 is 0. The Morgan fingerprint density at radius 1 is 1.33 bits per heavy atom. The predicted octanol–water partition coefficient (Wildman–Crippen LogP) is 2.57. The second kappa shape index (κ2) is 7.39. The van der Waals surface area contributed by atoms with Crippen LogP contribution >= 0.6 is 0 Å². The molecule has 0 aliphatic carbocycles.